The minimum Gasteiger partial charge on any atom is -0.383 e. The second-order valence-corrected chi connectivity index (χ2v) is 10.8. The normalized spacial score (nSPS) is 24.2. The molecule has 1 atom stereocenters. The van der Waals surface area contributed by atoms with Crippen LogP contribution in [-0.2, 0) is 4.79 Å². The summed E-state index contributed by atoms with van der Waals surface area (Å²) in [7, 11) is 0. The highest BCUT2D eigenvalue weighted by atomic mass is 32.1. The monoisotopic (exact) mass is 459 g/mol. The molecule has 5 aliphatic heterocycles. The highest BCUT2D eigenvalue weighted by Crippen LogP contribution is 2.57. The maximum atomic E-state index is 13.3. The molecule has 1 saturated heterocycles. The van der Waals surface area contributed by atoms with Crippen molar-refractivity contribution >= 4 is 44.3 Å². The van der Waals surface area contributed by atoms with Crippen molar-refractivity contribution in [1.82, 2.24) is 0 Å². The van der Waals surface area contributed by atoms with Crippen LogP contribution in [0.4, 0.5) is 10.0 Å². The van der Waals surface area contributed by atoms with Crippen LogP contribution in [0, 0.1) is 11.3 Å². The molecule has 2 N–H and O–H groups in total. The zero-order valence-electron chi connectivity index (χ0n) is 17.4. The maximum Gasteiger partial charge on any atom is 0.161 e. The number of thiophene rings is 2. The van der Waals surface area contributed by atoms with E-state index in [0.717, 1.165) is 66.2 Å². The van der Waals surface area contributed by atoms with Gasteiger partial charge in [-0.1, -0.05) is 11.3 Å². The van der Waals surface area contributed by atoms with Crippen molar-refractivity contribution in [3.63, 3.8) is 0 Å². The summed E-state index contributed by atoms with van der Waals surface area (Å²) < 4.78 is 0. The molecule has 1 aliphatic carbocycles. The molecule has 2 aromatic rings. The number of ketones is 1. The zero-order valence-corrected chi connectivity index (χ0v) is 19.1. The van der Waals surface area contributed by atoms with Gasteiger partial charge in [-0.25, -0.2) is 4.99 Å². The van der Waals surface area contributed by atoms with E-state index in [1.807, 2.05) is 16.8 Å². The number of nitrogens with two attached hydrogens (primary N) is 1. The van der Waals surface area contributed by atoms with Gasteiger partial charge in [0.1, 0.15) is 10.8 Å². The molecule has 0 unspecified atom stereocenters. The number of fused-ring (bicyclic) bond motifs is 6. The van der Waals surface area contributed by atoms with Crippen LogP contribution >= 0.6 is 22.7 Å². The third kappa shape index (κ3) is 2.28. The van der Waals surface area contributed by atoms with Crippen LogP contribution in [0.3, 0.4) is 0 Å². The first kappa shape index (κ1) is 18.7. The standard InChI is InChI=1S/C24H21N5OS2/c25-10-14-17(13-6-9-31-11-13)19-15(2-1-3-16(19)30)29-22(14)27-21(26)20-18-12-4-7-28(8-5-12)23(18)32-24(20)29/h6,9,11-12,17H,1-5,7-8H2,(H2,26,27)/t17-/m0/s1. The highest BCUT2D eigenvalue weighted by Gasteiger charge is 2.46. The third-order valence-corrected chi connectivity index (χ3v) is 9.46. The number of nitriles is 1. The van der Waals surface area contributed by atoms with Crippen LogP contribution in [0.2, 0.25) is 0 Å². The van der Waals surface area contributed by atoms with Crippen molar-refractivity contribution < 1.29 is 4.79 Å². The molecule has 0 aromatic carbocycles. The van der Waals surface area contributed by atoms with E-state index in [1.165, 1.54) is 10.6 Å². The number of rotatable bonds is 1. The van der Waals surface area contributed by atoms with Gasteiger partial charge in [0.15, 0.2) is 11.6 Å². The third-order valence-electron chi connectivity index (χ3n) is 7.51. The van der Waals surface area contributed by atoms with E-state index < -0.39 is 0 Å². The van der Waals surface area contributed by atoms with Gasteiger partial charge in [-0.05, 0) is 54.0 Å². The number of carbonyl (C=O) groups excluding carboxylic acids is 1. The van der Waals surface area contributed by atoms with E-state index in [4.69, 9.17) is 10.7 Å². The fourth-order valence-corrected chi connectivity index (χ4v) is 8.29. The molecule has 1 fully saturated rings. The van der Waals surface area contributed by atoms with Gasteiger partial charge in [-0.2, -0.15) is 16.6 Å². The van der Waals surface area contributed by atoms with Crippen molar-refractivity contribution in [3.05, 3.63) is 56.2 Å². The first-order valence-electron chi connectivity index (χ1n) is 11.2. The summed E-state index contributed by atoms with van der Waals surface area (Å²) >= 11 is 3.35. The SMILES string of the molecule is N#CC1=C2N=C(N)c3c(sc4c3C3CCN4CC3)N2C2=C(C(=O)CCC2)[C@H]1c1ccsc1. The first-order valence-corrected chi connectivity index (χ1v) is 12.9. The lowest BCUT2D eigenvalue weighted by Crippen LogP contribution is -2.40. The summed E-state index contributed by atoms with van der Waals surface area (Å²) in [4.78, 5) is 22.7. The Morgan fingerprint density at radius 1 is 1.22 bits per heavy atom. The Labute approximate surface area is 194 Å². The molecular formula is C24H21N5OS2. The first-order chi connectivity index (χ1) is 15.7. The van der Waals surface area contributed by atoms with Gasteiger partial charge in [0.25, 0.3) is 0 Å². The molecule has 7 heterocycles. The number of hydrogen-bond donors (Lipinski definition) is 1. The summed E-state index contributed by atoms with van der Waals surface area (Å²) in [6.45, 7) is 2.18. The van der Waals surface area contributed by atoms with Gasteiger partial charge in [-0.3, -0.25) is 9.69 Å². The fraction of sp³-hybridized carbons (Fsp3) is 0.375. The second kappa shape index (κ2) is 6.56. The number of nitrogens with zero attached hydrogens (tertiary/aromatic N) is 4. The molecule has 0 saturated carbocycles. The zero-order chi connectivity index (χ0) is 21.6. The number of aliphatic imine (C=N–C) groups is 1. The number of Topliss-reactive ketones (excluding diaryl/α,β-unsaturated/α-hetero) is 1. The molecule has 0 amide bonds. The van der Waals surface area contributed by atoms with Gasteiger partial charge in [-0.15, -0.1) is 0 Å². The number of hydrogen-bond acceptors (Lipinski definition) is 8. The Morgan fingerprint density at radius 3 is 2.81 bits per heavy atom. The Kier molecular flexibility index (Phi) is 3.83. The second-order valence-electron chi connectivity index (χ2n) is 9.07. The number of amidine groups is 1. The maximum absolute atomic E-state index is 13.3. The van der Waals surface area contributed by atoms with Crippen LogP contribution in [0.25, 0.3) is 0 Å². The van der Waals surface area contributed by atoms with E-state index in [9.17, 15) is 10.1 Å². The molecule has 6 nitrogen and oxygen atoms in total. The predicted octanol–water partition coefficient (Wildman–Crippen LogP) is 4.57. The summed E-state index contributed by atoms with van der Waals surface area (Å²) in [5.41, 5.74) is 12.3. The summed E-state index contributed by atoms with van der Waals surface area (Å²) in [5.74, 6) is 1.45. The lowest BCUT2D eigenvalue weighted by Gasteiger charge is -2.41. The summed E-state index contributed by atoms with van der Waals surface area (Å²) in [5, 5.41) is 16.7. The molecule has 8 rings (SSSR count). The van der Waals surface area contributed by atoms with Crippen molar-refractivity contribution in [2.24, 2.45) is 10.7 Å². The Balaban J connectivity index is 1.53. The van der Waals surface area contributed by atoms with Gasteiger partial charge < -0.3 is 10.6 Å². The molecule has 0 spiro atoms. The van der Waals surface area contributed by atoms with E-state index in [1.54, 1.807) is 22.7 Å². The van der Waals surface area contributed by atoms with E-state index in [0.29, 0.717) is 29.6 Å². The van der Waals surface area contributed by atoms with E-state index >= 15 is 0 Å². The van der Waals surface area contributed by atoms with Gasteiger partial charge >= 0.3 is 0 Å². The summed E-state index contributed by atoms with van der Waals surface area (Å²) in [6, 6.07) is 4.45. The molecule has 6 aliphatic rings. The summed E-state index contributed by atoms with van der Waals surface area (Å²) in [6.07, 6.45) is 4.49. The fourth-order valence-electron chi connectivity index (χ4n) is 6.12. The lowest BCUT2D eigenvalue weighted by molar-refractivity contribution is -0.116. The average Bonchev–Trinajstić information content (AvgIpc) is 3.48. The van der Waals surface area contributed by atoms with Crippen molar-refractivity contribution in [2.75, 3.05) is 22.9 Å². The number of piperidine rings is 1. The van der Waals surface area contributed by atoms with Crippen LogP contribution in [0.1, 0.15) is 60.6 Å². The minimum absolute atomic E-state index is 0.156. The molecule has 2 aromatic heterocycles. The molecule has 160 valence electrons. The molecular weight excluding hydrogens is 438 g/mol. The van der Waals surface area contributed by atoms with Gasteiger partial charge in [0, 0.05) is 36.3 Å². The highest BCUT2D eigenvalue weighted by molar-refractivity contribution is 7.21. The number of anilines is 2. The minimum atomic E-state index is -0.354. The topological polar surface area (TPSA) is 85.7 Å². The largest absolute Gasteiger partial charge is 0.383 e. The quantitative estimate of drug-likeness (QED) is 0.675. The number of allylic oxidation sites excluding steroid dienone is 3. The van der Waals surface area contributed by atoms with Crippen LogP contribution in [-0.4, -0.2) is 24.7 Å². The smallest absolute Gasteiger partial charge is 0.161 e. The van der Waals surface area contributed by atoms with Crippen molar-refractivity contribution in [1.29, 1.82) is 5.26 Å². The van der Waals surface area contributed by atoms with Crippen molar-refractivity contribution in [2.45, 2.75) is 43.9 Å². The average molecular weight is 460 g/mol. The Bertz CT molecular complexity index is 1310. The Morgan fingerprint density at radius 2 is 2.06 bits per heavy atom. The van der Waals surface area contributed by atoms with Crippen molar-refractivity contribution in [3.8, 4) is 6.07 Å². The van der Waals surface area contributed by atoms with E-state index in [-0.39, 0.29) is 11.7 Å². The van der Waals surface area contributed by atoms with Gasteiger partial charge in [0.05, 0.1) is 28.1 Å². The Hall–Kier alpha value is -2.89. The van der Waals surface area contributed by atoms with E-state index in [2.05, 4.69) is 15.9 Å². The molecule has 0 radical (unpaired) electrons. The molecule has 2 bridgehead atoms. The molecule has 32 heavy (non-hydrogen) atoms. The molecule has 8 heteroatoms. The van der Waals surface area contributed by atoms with Crippen LogP contribution in [0.5, 0.6) is 0 Å². The van der Waals surface area contributed by atoms with Crippen LogP contribution in [0.15, 0.2) is 44.5 Å². The predicted molar refractivity (Wildman–Crippen MR) is 127 cm³/mol. The van der Waals surface area contributed by atoms with Gasteiger partial charge in [0.2, 0.25) is 0 Å². The lowest BCUT2D eigenvalue weighted by atomic mass is 9.76. The number of carbonyl (C=O) groups is 1. The van der Waals surface area contributed by atoms with Crippen LogP contribution < -0.4 is 15.5 Å².